The number of halogens is 2. The van der Waals surface area contributed by atoms with E-state index in [0.29, 0.717) is 0 Å². The Bertz CT molecular complexity index is 358. The molecule has 0 fully saturated rings. The zero-order valence-electron chi connectivity index (χ0n) is 8.22. The lowest BCUT2D eigenvalue weighted by Gasteiger charge is -2.06. The number of rotatable bonds is 2. The fourth-order valence-electron chi connectivity index (χ4n) is 0.995. The summed E-state index contributed by atoms with van der Waals surface area (Å²) in [4.78, 5) is 0. The summed E-state index contributed by atoms with van der Waals surface area (Å²) < 4.78 is 0.984. The molecule has 0 amide bonds. The second-order valence-electron chi connectivity index (χ2n) is 3.34. The van der Waals surface area contributed by atoms with Crippen LogP contribution >= 0.6 is 27.5 Å². The molecule has 1 unspecified atom stereocenters. The van der Waals surface area contributed by atoms with Gasteiger partial charge in [0.2, 0.25) is 0 Å². The van der Waals surface area contributed by atoms with Gasteiger partial charge in [-0.25, -0.2) is 0 Å². The van der Waals surface area contributed by atoms with Gasteiger partial charge in [0.05, 0.1) is 0 Å². The SMILES string of the molecule is C/C(=C\c1ccc(Br)cc1Cl)C(C)N. The van der Waals surface area contributed by atoms with Gasteiger partial charge in [-0.2, -0.15) is 0 Å². The lowest BCUT2D eigenvalue weighted by Crippen LogP contribution is -2.15. The van der Waals surface area contributed by atoms with E-state index in [1.54, 1.807) is 0 Å². The molecule has 1 aromatic rings. The molecule has 1 rings (SSSR count). The van der Waals surface area contributed by atoms with Crippen molar-refractivity contribution in [1.82, 2.24) is 0 Å². The molecule has 0 bridgehead atoms. The van der Waals surface area contributed by atoms with E-state index in [4.69, 9.17) is 17.3 Å². The second-order valence-corrected chi connectivity index (χ2v) is 4.67. The fourth-order valence-corrected chi connectivity index (χ4v) is 1.72. The Hall–Kier alpha value is -0.310. The van der Waals surface area contributed by atoms with E-state index in [0.717, 1.165) is 20.6 Å². The summed E-state index contributed by atoms with van der Waals surface area (Å²) in [6.45, 7) is 3.96. The summed E-state index contributed by atoms with van der Waals surface area (Å²) in [5.41, 5.74) is 7.87. The molecule has 0 spiro atoms. The van der Waals surface area contributed by atoms with Crippen LogP contribution in [-0.4, -0.2) is 6.04 Å². The van der Waals surface area contributed by atoms with Gasteiger partial charge in [0.15, 0.2) is 0 Å². The Morgan fingerprint density at radius 1 is 1.57 bits per heavy atom. The third-order valence-electron chi connectivity index (χ3n) is 2.06. The minimum Gasteiger partial charge on any atom is -0.324 e. The molecule has 2 N–H and O–H groups in total. The standard InChI is InChI=1S/C11H13BrClN/c1-7(8(2)14)5-9-3-4-10(12)6-11(9)13/h3-6,8H,14H2,1-2H3/b7-5+. The molecule has 0 radical (unpaired) electrons. The summed E-state index contributed by atoms with van der Waals surface area (Å²) in [7, 11) is 0. The minimum absolute atomic E-state index is 0.0645. The van der Waals surface area contributed by atoms with E-state index in [1.807, 2.05) is 38.1 Å². The van der Waals surface area contributed by atoms with Crippen LogP contribution in [0, 0.1) is 0 Å². The molecule has 1 nitrogen and oxygen atoms in total. The summed E-state index contributed by atoms with van der Waals surface area (Å²) >= 11 is 9.42. The van der Waals surface area contributed by atoms with E-state index in [1.165, 1.54) is 0 Å². The minimum atomic E-state index is 0.0645. The first kappa shape index (κ1) is 11.8. The van der Waals surface area contributed by atoms with Gasteiger partial charge in [0.25, 0.3) is 0 Å². The number of hydrogen-bond acceptors (Lipinski definition) is 1. The average molecular weight is 275 g/mol. The molecule has 3 heteroatoms. The van der Waals surface area contributed by atoms with Crippen LogP contribution in [0.2, 0.25) is 5.02 Å². The van der Waals surface area contributed by atoms with E-state index in [9.17, 15) is 0 Å². The Balaban J connectivity index is 3.03. The molecular formula is C11H13BrClN. The Morgan fingerprint density at radius 3 is 2.71 bits per heavy atom. The molecule has 0 heterocycles. The maximum Gasteiger partial charge on any atom is 0.0489 e. The quantitative estimate of drug-likeness (QED) is 0.871. The van der Waals surface area contributed by atoms with Crippen LogP contribution in [0.25, 0.3) is 6.08 Å². The smallest absolute Gasteiger partial charge is 0.0489 e. The molecular weight excluding hydrogens is 261 g/mol. The molecule has 76 valence electrons. The largest absolute Gasteiger partial charge is 0.324 e. The summed E-state index contributed by atoms with van der Waals surface area (Å²) in [5.74, 6) is 0. The fraction of sp³-hybridized carbons (Fsp3) is 0.273. The summed E-state index contributed by atoms with van der Waals surface area (Å²) in [6.07, 6.45) is 2.01. The topological polar surface area (TPSA) is 26.0 Å². The van der Waals surface area contributed by atoms with Gasteiger partial charge in [0, 0.05) is 15.5 Å². The highest BCUT2D eigenvalue weighted by atomic mass is 79.9. The van der Waals surface area contributed by atoms with Gasteiger partial charge in [0.1, 0.15) is 0 Å². The molecule has 0 aliphatic rings. The number of hydrogen-bond donors (Lipinski definition) is 1. The maximum atomic E-state index is 6.06. The molecule has 0 saturated heterocycles. The van der Waals surface area contributed by atoms with Crippen LogP contribution < -0.4 is 5.73 Å². The van der Waals surface area contributed by atoms with Crippen molar-refractivity contribution in [3.63, 3.8) is 0 Å². The van der Waals surface area contributed by atoms with Crippen LogP contribution in [0.3, 0.4) is 0 Å². The number of benzene rings is 1. The highest BCUT2D eigenvalue weighted by Crippen LogP contribution is 2.23. The van der Waals surface area contributed by atoms with Gasteiger partial charge in [-0.05, 0) is 31.5 Å². The molecule has 0 aliphatic carbocycles. The van der Waals surface area contributed by atoms with Crippen molar-refractivity contribution in [2.45, 2.75) is 19.9 Å². The summed E-state index contributed by atoms with van der Waals surface area (Å²) in [6, 6.07) is 5.88. The normalized spacial score (nSPS) is 14.2. The van der Waals surface area contributed by atoms with Crippen molar-refractivity contribution in [3.05, 3.63) is 38.8 Å². The maximum absolute atomic E-state index is 6.06. The first-order valence-corrected chi connectivity index (χ1v) is 5.56. The van der Waals surface area contributed by atoms with E-state index >= 15 is 0 Å². The van der Waals surface area contributed by atoms with Gasteiger partial charge in [-0.15, -0.1) is 0 Å². The van der Waals surface area contributed by atoms with Crippen molar-refractivity contribution in [3.8, 4) is 0 Å². The van der Waals surface area contributed by atoms with E-state index in [-0.39, 0.29) is 6.04 Å². The van der Waals surface area contributed by atoms with Crippen LogP contribution in [0.1, 0.15) is 19.4 Å². The van der Waals surface area contributed by atoms with Crippen LogP contribution in [-0.2, 0) is 0 Å². The van der Waals surface area contributed by atoms with Crippen LogP contribution in [0.4, 0.5) is 0 Å². The molecule has 14 heavy (non-hydrogen) atoms. The van der Waals surface area contributed by atoms with Gasteiger partial charge in [-0.1, -0.05) is 45.2 Å². The molecule has 0 saturated carbocycles. The van der Waals surface area contributed by atoms with Crippen molar-refractivity contribution in [2.75, 3.05) is 0 Å². The first-order chi connectivity index (χ1) is 6.50. The van der Waals surface area contributed by atoms with E-state index in [2.05, 4.69) is 15.9 Å². The molecule has 1 aromatic carbocycles. The monoisotopic (exact) mass is 273 g/mol. The van der Waals surface area contributed by atoms with Crippen molar-refractivity contribution < 1.29 is 0 Å². The lowest BCUT2D eigenvalue weighted by atomic mass is 10.1. The van der Waals surface area contributed by atoms with Gasteiger partial charge < -0.3 is 5.73 Å². The highest BCUT2D eigenvalue weighted by Gasteiger charge is 2.01. The van der Waals surface area contributed by atoms with Crippen LogP contribution in [0.15, 0.2) is 28.2 Å². The average Bonchev–Trinajstić information content (AvgIpc) is 2.09. The predicted molar refractivity (Wildman–Crippen MR) is 66.5 cm³/mol. The Labute approximate surface area is 98.1 Å². The Kier molecular flexibility index (Phi) is 4.17. The molecule has 0 aliphatic heterocycles. The third-order valence-corrected chi connectivity index (χ3v) is 2.88. The predicted octanol–water partition coefficient (Wildman–Crippen LogP) is 3.85. The highest BCUT2D eigenvalue weighted by molar-refractivity contribution is 9.10. The lowest BCUT2D eigenvalue weighted by molar-refractivity contribution is 0.868. The second kappa shape index (κ2) is 4.96. The number of nitrogens with two attached hydrogens (primary N) is 1. The van der Waals surface area contributed by atoms with Gasteiger partial charge >= 0.3 is 0 Å². The zero-order valence-corrected chi connectivity index (χ0v) is 10.6. The Morgan fingerprint density at radius 2 is 2.21 bits per heavy atom. The molecule has 0 aromatic heterocycles. The van der Waals surface area contributed by atoms with Gasteiger partial charge in [-0.3, -0.25) is 0 Å². The zero-order chi connectivity index (χ0) is 10.7. The van der Waals surface area contributed by atoms with Crippen molar-refractivity contribution in [2.24, 2.45) is 5.73 Å². The molecule has 1 atom stereocenters. The summed E-state index contributed by atoms with van der Waals surface area (Å²) in [5, 5.41) is 0.736. The van der Waals surface area contributed by atoms with Crippen molar-refractivity contribution in [1.29, 1.82) is 0 Å². The van der Waals surface area contributed by atoms with E-state index < -0.39 is 0 Å². The van der Waals surface area contributed by atoms with Crippen molar-refractivity contribution >= 4 is 33.6 Å². The third kappa shape index (κ3) is 3.12. The van der Waals surface area contributed by atoms with Crippen LogP contribution in [0.5, 0.6) is 0 Å². The first-order valence-electron chi connectivity index (χ1n) is 4.39.